The topological polar surface area (TPSA) is 57.7 Å². The molecule has 2 rings (SSSR count). The zero-order chi connectivity index (χ0) is 16.9. The number of amides is 1. The molecule has 0 bridgehead atoms. The molecule has 1 unspecified atom stereocenters. The molecule has 1 fully saturated rings. The van der Waals surface area contributed by atoms with Crippen LogP contribution in [0.5, 0.6) is 0 Å². The molecule has 0 saturated carbocycles. The number of thioether (sulfide) groups is 1. The Hall–Kier alpha value is -1.15. The van der Waals surface area contributed by atoms with Gasteiger partial charge in [0.05, 0.1) is 18.2 Å². The van der Waals surface area contributed by atoms with Crippen LogP contribution in [0.3, 0.4) is 0 Å². The molecule has 1 aliphatic rings. The summed E-state index contributed by atoms with van der Waals surface area (Å²) >= 11 is 1.51. The summed E-state index contributed by atoms with van der Waals surface area (Å²) in [5.41, 5.74) is 0.950. The highest BCUT2D eigenvalue weighted by molar-refractivity contribution is 8.01. The van der Waals surface area contributed by atoms with Gasteiger partial charge >= 0.3 is 0 Å². The van der Waals surface area contributed by atoms with Crippen molar-refractivity contribution >= 4 is 17.7 Å². The number of hydrogen-bond donors (Lipinski definition) is 1. The van der Waals surface area contributed by atoms with Gasteiger partial charge in [0.25, 0.3) is 5.91 Å². The van der Waals surface area contributed by atoms with E-state index >= 15 is 0 Å². The molecule has 0 aromatic carbocycles. The average molecular weight is 338 g/mol. The van der Waals surface area contributed by atoms with Gasteiger partial charge in [-0.15, -0.1) is 0 Å². The number of pyridine rings is 1. The van der Waals surface area contributed by atoms with Crippen LogP contribution < -0.4 is 5.32 Å². The lowest BCUT2D eigenvalue weighted by molar-refractivity contribution is -0.128. The molecule has 1 saturated heterocycles. The first-order valence-electron chi connectivity index (χ1n) is 7.80. The van der Waals surface area contributed by atoms with E-state index in [2.05, 4.69) is 15.2 Å². The maximum atomic E-state index is 12.8. The van der Waals surface area contributed by atoms with Crippen molar-refractivity contribution < 1.29 is 9.53 Å². The fraction of sp³-hybridized carbons (Fsp3) is 0.625. The van der Waals surface area contributed by atoms with E-state index in [1.54, 1.807) is 7.05 Å². The van der Waals surface area contributed by atoms with Crippen molar-refractivity contribution in [3.8, 4) is 0 Å². The van der Waals surface area contributed by atoms with Crippen molar-refractivity contribution in [2.75, 3.05) is 54.0 Å². The van der Waals surface area contributed by atoms with Gasteiger partial charge in [-0.05, 0) is 33.2 Å². The third kappa shape index (κ3) is 4.44. The minimum absolute atomic E-state index is 0.0118. The van der Waals surface area contributed by atoms with Crippen LogP contribution in [0, 0.1) is 6.92 Å². The number of rotatable bonds is 6. The Morgan fingerprint density at radius 1 is 1.43 bits per heavy atom. The normalized spacial score (nSPS) is 18.7. The fourth-order valence-electron chi connectivity index (χ4n) is 2.59. The van der Waals surface area contributed by atoms with E-state index in [-0.39, 0.29) is 5.91 Å². The van der Waals surface area contributed by atoms with Crippen molar-refractivity contribution in [2.45, 2.75) is 16.8 Å². The number of nitrogens with zero attached hydrogens (tertiary/aromatic N) is 3. The fourth-order valence-corrected chi connectivity index (χ4v) is 3.90. The van der Waals surface area contributed by atoms with Crippen LogP contribution in [0.15, 0.2) is 23.2 Å². The van der Waals surface area contributed by atoms with Gasteiger partial charge in [-0.2, -0.15) is 0 Å². The standard InChI is InChI=1S/C16H26N4O2S/c1-13-6-5-7-14(18-13)23-16(19(3)4,15(21)17-2)12-20-8-10-22-11-9-20/h5-7H,8-12H2,1-4H3,(H,17,21). The minimum atomic E-state index is -0.729. The van der Waals surface area contributed by atoms with Crippen molar-refractivity contribution in [1.29, 1.82) is 0 Å². The maximum Gasteiger partial charge on any atom is 0.252 e. The molecule has 1 aliphatic heterocycles. The maximum absolute atomic E-state index is 12.8. The summed E-state index contributed by atoms with van der Waals surface area (Å²) < 4.78 is 5.42. The zero-order valence-electron chi connectivity index (χ0n) is 14.3. The third-order valence-corrected chi connectivity index (χ3v) is 5.44. The number of likely N-dealkylation sites (N-methyl/N-ethyl adjacent to an activating group) is 2. The predicted octanol–water partition coefficient (Wildman–Crippen LogP) is 0.818. The first-order chi connectivity index (χ1) is 11.0. The van der Waals surface area contributed by atoms with Crippen molar-refractivity contribution in [3.05, 3.63) is 23.9 Å². The SMILES string of the molecule is CNC(=O)C(CN1CCOCC1)(Sc1cccc(C)n1)N(C)C. The Balaban J connectivity index is 2.29. The Morgan fingerprint density at radius 2 is 2.13 bits per heavy atom. The Bertz CT molecular complexity index is 535. The van der Waals surface area contributed by atoms with Crippen LogP contribution in [0.4, 0.5) is 0 Å². The van der Waals surface area contributed by atoms with E-state index in [0.717, 1.165) is 23.8 Å². The van der Waals surface area contributed by atoms with E-state index in [1.807, 2.05) is 44.1 Å². The minimum Gasteiger partial charge on any atom is -0.379 e. The number of aryl methyl sites for hydroxylation is 1. The Kier molecular flexibility index (Phi) is 6.41. The smallest absolute Gasteiger partial charge is 0.252 e. The van der Waals surface area contributed by atoms with E-state index in [0.29, 0.717) is 19.8 Å². The molecule has 1 atom stereocenters. The summed E-state index contributed by atoms with van der Waals surface area (Å²) in [5, 5.41) is 3.68. The van der Waals surface area contributed by atoms with Crippen LogP contribution in [0.2, 0.25) is 0 Å². The van der Waals surface area contributed by atoms with E-state index < -0.39 is 4.87 Å². The lowest BCUT2D eigenvalue weighted by Gasteiger charge is -2.41. The molecule has 1 N–H and O–H groups in total. The second-order valence-electron chi connectivity index (χ2n) is 5.87. The predicted molar refractivity (Wildman–Crippen MR) is 92.6 cm³/mol. The highest BCUT2D eigenvalue weighted by Crippen LogP contribution is 2.35. The van der Waals surface area contributed by atoms with Crippen molar-refractivity contribution in [3.63, 3.8) is 0 Å². The molecule has 0 spiro atoms. The summed E-state index contributed by atoms with van der Waals surface area (Å²) in [6, 6.07) is 5.89. The summed E-state index contributed by atoms with van der Waals surface area (Å²) in [5.74, 6) is -0.0118. The number of ether oxygens (including phenoxy) is 1. The van der Waals surface area contributed by atoms with Gasteiger partial charge < -0.3 is 10.1 Å². The molecule has 0 aliphatic carbocycles. The van der Waals surface area contributed by atoms with Crippen molar-refractivity contribution in [2.24, 2.45) is 0 Å². The molecule has 1 amide bonds. The number of hydrogen-bond acceptors (Lipinski definition) is 6. The zero-order valence-corrected chi connectivity index (χ0v) is 15.2. The van der Waals surface area contributed by atoms with Gasteiger partial charge in [-0.25, -0.2) is 4.98 Å². The lowest BCUT2D eigenvalue weighted by atomic mass is 10.2. The highest BCUT2D eigenvalue weighted by atomic mass is 32.2. The highest BCUT2D eigenvalue weighted by Gasteiger charge is 2.43. The summed E-state index contributed by atoms with van der Waals surface area (Å²) in [6.45, 7) is 5.70. The van der Waals surface area contributed by atoms with Gasteiger partial charge in [-0.3, -0.25) is 14.6 Å². The van der Waals surface area contributed by atoms with Crippen LogP contribution in [0.25, 0.3) is 0 Å². The molecule has 0 radical (unpaired) electrons. The molecule has 2 heterocycles. The van der Waals surface area contributed by atoms with E-state index in [1.165, 1.54) is 11.8 Å². The monoisotopic (exact) mass is 338 g/mol. The van der Waals surface area contributed by atoms with Crippen LogP contribution in [0.1, 0.15) is 5.69 Å². The first kappa shape index (κ1) is 18.2. The Labute approximate surface area is 142 Å². The second kappa shape index (κ2) is 8.10. The number of morpholine rings is 1. The summed E-state index contributed by atoms with van der Waals surface area (Å²) in [6.07, 6.45) is 0. The molecule has 1 aromatic heterocycles. The van der Waals surface area contributed by atoms with Crippen LogP contribution in [-0.2, 0) is 9.53 Å². The largest absolute Gasteiger partial charge is 0.379 e. The molecular weight excluding hydrogens is 312 g/mol. The van der Waals surface area contributed by atoms with E-state index in [4.69, 9.17) is 4.74 Å². The van der Waals surface area contributed by atoms with Crippen LogP contribution in [-0.4, -0.2) is 79.6 Å². The molecule has 6 nitrogen and oxygen atoms in total. The summed E-state index contributed by atoms with van der Waals surface area (Å²) in [7, 11) is 5.57. The molecular formula is C16H26N4O2S. The van der Waals surface area contributed by atoms with Crippen molar-refractivity contribution in [1.82, 2.24) is 20.1 Å². The number of nitrogens with one attached hydrogen (secondary N) is 1. The van der Waals surface area contributed by atoms with Gasteiger partial charge in [0.1, 0.15) is 0 Å². The van der Waals surface area contributed by atoms with Gasteiger partial charge in [0, 0.05) is 32.4 Å². The van der Waals surface area contributed by atoms with Crippen LogP contribution >= 0.6 is 11.8 Å². The average Bonchev–Trinajstić information content (AvgIpc) is 2.54. The number of carbonyl (C=O) groups is 1. The third-order valence-electron chi connectivity index (χ3n) is 3.98. The molecule has 7 heteroatoms. The van der Waals surface area contributed by atoms with Gasteiger partial charge in [0.2, 0.25) is 0 Å². The first-order valence-corrected chi connectivity index (χ1v) is 8.62. The molecule has 128 valence electrons. The Morgan fingerprint density at radius 3 is 2.70 bits per heavy atom. The number of aromatic nitrogens is 1. The van der Waals surface area contributed by atoms with Gasteiger partial charge in [-0.1, -0.05) is 17.8 Å². The quantitative estimate of drug-likeness (QED) is 0.612. The second-order valence-corrected chi connectivity index (χ2v) is 7.16. The van der Waals surface area contributed by atoms with E-state index in [9.17, 15) is 4.79 Å². The lowest BCUT2D eigenvalue weighted by Crippen LogP contribution is -2.60. The van der Waals surface area contributed by atoms with Gasteiger partial charge in [0.15, 0.2) is 4.87 Å². The number of carbonyl (C=O) groups excluding carboxylic acids is 1. The molecule has 23 heavy (non-hydrogen) atoms. The summed E-state index contributed by atoms with van der Waals surface area (Å²) in [4.78, 5) is 20.9. The molecule has 1 aromatic rings.